The highest BCUT2D eigenvalue weighted by molar-refractivity contribution is 5.71. The van der Waals surface area contributed by atoms with E-state index >= 15 is 0 Å². The first-order valence-electron chi connectivity index (χ1n) is 28.8. The molecule has 418 valence electrons. The fraction of sp³-hybridized carbons (Fsp3) is 0.615. The second-order valence-electron chi connectivity index (χ2n) is 19.9. The molecular formula is C65H106NO8+. The van der Waals surface area contributed by atoms with E-state index in [0.29, 0.717) is 17.4 Å². The van der Waals surface area contributed by atoms with Crippen LogP contribution in [-0.2, 0) is 33.3 Å². The van der Waals surface area contributed by atoms with E-state index in [9.17, 15) is 19.5 Å². The summed E-state index contributed by atoms with van der Waals surface area (Å²) in [5.41, 5.74) is 0. The van der Waals surface area contributed by atoms with Gasteiger partial charge in [0.15, 0.2) is 6.10 Å². The van der Waals surface area contributed by atoms with Crippen molar-refractivity contribution in [1.29, 1.82) is 0 Å². The molecule has 0 amide bonds. The van der Waals surface area contributed by atoms with E-state index in [-0.39, 0.29) is 38.6 Å². The largest absolute Gasteiger partial charge is 0.477 e. The maximum atomic E-state index is 12.8. The summed E-state index contributed by atoms with van der Waals surface area (Å²) in [6, 6.07) is 0. The fourth-order valence-electron chi connectivity index (χ4n) is 7.21. The Balaban J connectivity index is 4.23. The zero-order valence-corrected chi connectivity index (χ0v) is 47.4. The van der Waals surface area contributed by atoms with Gasteiger partial charge in [-0.05, 0) is 116 Å². The average Bonchev–Trinajstić information content (AvgIpc) is 3.37. The van der Waals surface area contributed by atoms with E-state index in [1.54, 1.807) is 0 Å². The van der Waals surface area contributed by atoms with Crippen molar-refractivity contribution in [2.24, 2.45) is 0 Å². The predicted molar refractivity (Wildman–Crippen MR) is 313 cm³/mol. The Bertz CT molecular complexity index is 1670. The lowest BCUT2D eigenvalue weighted by Crippen LogP contribution is -2.40. The summed E-state index contributed by atoms with van der Waals surface area (Å²) < 4.78 is 22.8. The third-order valence-corrected chi connectivity index (χ3v) is 11.6. The number of quaternary nitrogens is 1. The van der Waals surface area contributed by atoms with Gasteiger partial charge in [-0.15, -0.1) is 0 Å². The Hall–Kier alpha value is -4.57. The van der Waals surface area contributed by atoms with Crippen molar-refractivity contribution in [3.63, 3.8) is 0 Å². The van der Waals surface area contributed by atoms with Crippen LogP contribution >= 0.6 is 0 Å². The number of likely N-dealkylation sites (N-methyl/N-ethyl adjacent to an activating group) is 1. The van der Waals surface area contributed by atoms with Crippen molar-refractivity contribution < 1.29 is 42.9 Å². The van der Waals surface area contributed by atoms with Crippen LogP contribution in [0.2, 0.25) is 0 Å². The molecule has 0 radical (unpaired) electrons. The molecule has 0 aromatic rings. The summed E-state index contributed by atoms with van der Waals surface area (Å²) in [6.45, 7) is 4.68. The maximum Gasteiger partial charge on any atom is 0.361 e. The summed E-state index contributed by atoms with van der Waals surface area (Å²) in [6.07, 6.45) is 75.4. The molecule has 9 heteroatoms. The molecule has 1 N–H and O–H groups in total. The number of nitrogens with zero attached hydrogens (tertiary/aromatic N) is 1. The van der Waals surface area contributed by atoms with Gasteiger partial charge in [-0.25, -0.2) is 4.79 Å². The molecule has 0 saturated carbocycles. The van der Waals surface area contributed by atoms with Crippen LogP contribution in [0.4, 0.5) is 0 Å². The SMILES string of the molecule is CC/C=C\C/C=C\C/C=C\C/C=C\C/C=C\C/C=C\C/C=C\C/C=C\C/C=C\C/C=C\CCCCCCCCC(=O)OC(COC(=O)CCCCCCC/C=C\CCCCC)COC(OCC[N+](C)(C)C)C(=O)O. The first-order chi connectivity index (χ1) is 36.1. The number of allylic oxidation sites excluding steroid dienone is 22. The van der Waals surface area contributed by atoms with Crippen molar-refractivity contribution in [2.75, 3.05) is 47.5 Å². The summed E-state index contributed by atoms with van der Waals surface area (Å²) in [5, 5.41) is 9.68. The molecular weight excluding hydrogens is 923 g/mol. The Morgan fingerprint density at radius 1 is 0.419 bits per heavy atom. The number of ether oxygens (including phenoxy) is 4. The van der Waals surface area contributed by atoms with Gasteiger partial charge in [0.05, 0.1) is 34.4 Å². The van der Waals surface area contributed by atoms with Crippen molar-refractivity contribution in [3.8, 4) is 0 Å². The molecule has 2 atom stereocenters. The Labute approximate surface area is 452 Å². The van der Waals surface area contributed by atoms with E-state index in [1.807, 2.05) is 21.1 Å². The predicted octanol–water partition coefficient (Wildman–Crippen LogP) is 17.1. The van der Waals surface area contributed by atoms with Crippen molar-refractivity contribution in [3.05, 3.63) is 134 Å². The molecule has 0 aliphatic heterocycles. The topological polar surface area (TPSA) is 108 Å². The standard InChI is InChI=1S/C65H105NO8/c1-6-8-10-12-14-16-18-20-21-22-23-24-25-26-27-28-29-30-31-32-33-34-35-36-37-38-39-40-41-42-43-44-46-48-50-52-54-56-63(68)74-61(60-73-65(64(69)70)71-58-57-66(3,4)5)59-72-62(67)55-53-51-49-47-45-19-17-15-13-11-9-7-2/h8,10,14-17,20-21,23-24,26-27,29-30,32-33,35-36,38-39,41-42,61,65H,6-7,9,11-13,18-19,22,25,28,31,34,37,40,43-60H2,1-5H3/p+1/b10-8-,16-14-,17-15-,21-20-,24-23-,27-26-,30-29-,33-32-,36-35-,39-38-,42-41-. The maximum absolute atomic E-state index is 12.8. The Morgan fingerprint density at radius 2 is 0.770 bits per heavy atom. The summed E-state index contributed by atoms with van der Waals surface area (Å²) in [5.74, 6) is -2.05. The Morgan fingerprint density at radius 3 is 1.16 bits per heavy atom. The van der Waals surface area contributed by atoms with Crippen LogP contribution in [0.3, 0.4) is 0 Å². The molecule has 2 unspecified atom stereocenters. The van der Waals surface area contributed by atoms with Gasteiger partial charge in [-0.1, -0.05) is 205 Å². The number of carbonyl (C=O) groups is 3. The lowest BCUT2D eigenvalue weighted by Gasteiger charge is -2.25. The number of unbranched alkanes of at least 4 members (excludes halogenated alkanes) is 14. The van der Waals surface area contributed by atoms with Crippen molar-refractivity contribution in [1.82, 2.24) is 0 Å². The van der Waals surface area contributed by atoms with Gasteiger partial charge in [0.2, 0.25) is 0 Å². The van der Waals surface area contributed by atoms with E-state index in [2.05, 4.69) is 148 Å². The number of carboxylic acid groups (broad SMARTS) is 1. The minimum absolute atomic E-state index is 0.176. The molecule has 0 spiro atoms. The highest BCUT2D eigenvalue weighted by atomic mass is 16.7. The molecule has 0 bridgehead atoms. The molecule has 74 heavy (non-hydrogen) atoms. The normalized spacial score (nSPS) is 13.8. The highest BCUT2D eigenvalue weighted by Crippen LogP contribution is 2.13. The molecule has 0 aromatic heterocycles. The highest BCUT2D eigenvalue weighted by Gasteiger charge is 2.25. The first-order valence-corrected chi connectivity index (χ1v) is 28.8. The fourth-order valence-corrected chi connectivity index (χ4v) is 7.21. The van der Waals surface area contributed by atoms with Crippen LogP contribution < -0.4 is 0 Å². The van der Waals surface area contributed by atoms with Gasteiger partial charge < -0.3 is 28.5 Å². The quantitative estimate of drug-likeness (QED) is 0.0211. The molecule has 0 fully saturated rings. The zero-order chi connectivity index (χ0) is 54.1. The molecule has 0 rings (SSSR count). The van der Waals surface area contributed by atoms with Gasteiger partial charge in [0.1, 0.15) is 13.2 Å². The number of esters is 2. The van der Waals surface area contributed by atoms with Crippen LogP contribution in [0.1, 0.15) is 200 Å². The number of hydrogen-bond acceptors (Lipinski definition) is 7. The lowest BCUT2D eigenvalue weighted by molar-refractivity contribution is -0.870. The van der Waals surface area contributed by atoms with E-state index < -0.39 is 24.3 Å². The third-order valence-electron chi connectivity index (χ3n) is 11.6. The first kappa shape index (κ1) is 69.4. The average molecular weight is 1030 g/mol. The second-order valence-corrected chi connectivity index (χ2v) is 19.9. The smallest absolute Gasteiger partial charge is 0.361 e. The summed E-state index contributed by atoms with van der Waals surface area (Å²) >= 11 is 0. The minimum Gasteiger partial charge on any atom is -0.477 e. The van der Waals surface area contributed by atoms with Crippen LogP contribution in [0.25, 0.3) is 0 Å². The molecule has 0 saturated heterocycles. The summed E-state index contributed by atoms with van der Waals surface area (Å²) in [4.78, 5) is 37.3. The van der Waals surface area contributed by atoms with Crippen LogP contribution in [-0.4, -0.2) is 87.4 Å². The monoisotopic (exact) mass is 1030 g/mol. The number of hydrogen-bond donors (Lipinski definition) is 1. The van der Waals surface area contributed by atoms with Gasteiger partial charge in [-0.3, -0.25) is 9.59 Å². The van der Waals surface area contributed by atoms with E-state index in [4.69, 9.17) is 18.9 Å². The Kier molecular flexibility index (Phi) is 51.3. The van der Waals surface area contributed by atoms with Crippen LogP contribution in [0.5, 0.6) is 0 Å². The molecule has 9 nitrogen and oxygen atoms in total. The van der Waals surface area contributed by atoms with Crippen LogP contribution in [0.15, 0.2) is 134 Å². The van der Waals surface area contributed by atoms with Gasteiger partial charge in [-0.2, -0.15) is 0 Å². The third kappa shape index (κ3) is 55.2. The van der Waals surface area contributed by atoms with E-state index in [1.165, 1.54) is 25.7 Å². The van der Waals surface area contributed by atoms with Crippen molar-refractivity contribution in [2.45, 2.75) is 212 Å². The number of rotatable bonds is 51. The lowest BCUT2D eigenvalue weighted by atomic mass is 10.1. The number of carboxylic acids is 1. The van der Waals surface area contributed by atoms with Crippen LogP contribution in [0, 0.1) is 0 Å². The molecule has 0 heterocycles. The molecule has 0 aliphatic carbocycles. The molecule has 0 aromatic carbocycles. The minimum atomic E-state index is -1.52. The number of aliphatic carboxylic acids is 1. The van der Waals surface area contributed by atoms with Gasteiger partial charge >= 0.3 is 17.9 Å². The zero-order valence-electron chi connectivity index (χ0n) is 47.4. The van der Waals surface area contributed by atoms with Crippen molar-refractivity contribution >= 4 is 17.9 Å². The van der Waals surface area contributed by atoms with E-state index in [0.717, 1.165) is 141 Å². The second kappa shape index (κ2) is 54.7. The molecule has 0 aliphatic rings. The summed E-state index contributed by atoms with van der Waals surface area (Å²) in [7, 11) is 5.94. The number of carbonyl (C=O) groups excluding carboxylic acids is 2. The van der Waals surface area contributed by atoms with Gasteiger partial charge in [0.25, 0.3) is 6.29 Å². The van der Waals surface area contributed by atoms with Gasteiger partial charge in [0, 0.05) is 12.8 Å².